The van der Waals surface area contributed by atoms with E-state index in [4.69, 9.17) is 0 Å². The van der Waals surface area contributed by atoms with E-state index in [1.807, 2.05) is 69.9 Å². The average molecular weight is 471 g/mol. The first-order valence-corrected chi connectivity index (χ1v) is 12.2. The Labute approximate surface area is 201 Å². The van der Waals surface area contributed by atoms with Crippen molar-refractivity contribution >= 4 is 5.91 Å². The summed E-state index contributed by atoms with van der Waals surface area (Å²) in [5, 5.41) is 15.0. The molecule has 2 aliphatic rings. The second-order valence-corrected chi connectivity index (χ2v) is 11.3. The lowest BCUT2D eigenvalue weighted by Crippen LogP contribution is -2.59. The van der Waals surface area contributed by atoms with Gasteiger partial charge in [-0.1, -0.05) is 71.0 Å². The molecule has 4 rings (SSSR count). The number of benzene rings is 2. The van der Waals surface area contributed by atoms with Crippen LogP contribution in [0, 0.1) is 34.8 Å². The summed E-state index contributed by atoms with van der Waals surface area (Å²) in [6, 6.07) is 13.3. The van der Waals surface area contributed by atoms with E-state index in [2.05, 4.69) is 5.32 Å². The fraction of sp³-hybridized carbons (Fsp3) is 0.536. The van der Waals surface area contributed by atoms with E-state index < -0.39 is 34.0 Å². The van der Waals surface area contributed by atoms with Crippen LogP contribution in [0.5, 0.6) is 0 Å². The van der Waals surface area contributed by atoms with Gasteiger partial charge in [0, 0.05) is 49.5 Å². The lowest BCUT2D eigenvalue weighted by atomic mass is 9.57. The second-order valence-electron chi connectivity index (χ2n) is 11.3. The van der Waals surface area contributed by atoms with Crippen LogP contribution < -0.4 is 5.32 Å². The van der Waals surface area contributed by atoms with Gasteiger partial charge in [0.15, 0.2) is 0 Å². The van der Waals surface area contributed by atoms with Crippen LogP contribution in [0.4, 0.5) is 8.78 Å². The third kappa shape index (κ3) is 3.75. The molecule has 2 aromatic carbocycles. The molecule has 1 amide bonds. The number of rotatable bonds is 3. The predicted molar refractivity (Wildman–Crippen MR) is 129 cm³/mol. The first-order chi connectivity index (χ1) is 15.9. The van der Waals surface area contributed by atoms with E-state index in [1.165, 1.54) is 12.1 Å². The van der Waals surface area contributed by atoms with Crippen LogP contribution in [0.1, 0.15) is 45.7 Å². The summed E-state index contributed by atoms with van der Waals surface area (Å²) in [6.07, 6.45) is 0. The van der Waals surface area contributed by atoms with Crippen LogP contribution in [0.2, 0.25) is 0 Å². The zero-order valence-electron chi connectivity index (χ0n) is 20.7. The van der Waals surface area contributed by atoms with Gasteiger partial charge < -0.3 is 15.3 Å². The van der Waals surface area contributed by atoms with Crippen molar-refractivity contribution < 1.29 is 18.7 Å². The predicted octanol–water partition coefficient (Wildman–Crippen LogP) is 4.47. The van der Waals surface area contributed by atoms with Gasteiger partial charge in [0.25, 0.3) is 0 Å². The minimum absolute atomic E-state index is 0.0440. The van der Waals surface area contributed by atoms with Crippen molar-refractivity contribution in [3.8, 4) is 0 Å². The van der Waals surface area contributed by atoms with Crippen LogP contribution in [0.3, 0.4) is 0 Å². The molecular formula is C28H36F2N2O2. The molecule has 2 saturated heterocycles. The van der Waals surface area contributed by atoms with Gasteiger partial charge in [-0.25, -0.2) is 8.78 Å². The van der Waals surface area contributed by atoms with Crippen molar-refractivity contribution in [1.82, 2.24) is 10.2 Å². The second kappa shape index (κ2) is 8.72. The molecule has 34 heavy (non-hydrogen) atoms. The van der Waals surface area contributed by atoms with Crippen LogP contribution in [0.15, 0.2) is 48.5 Å². The topological polar surface area (TPSA) is 52.6 Å². The first kappa shape index (κ1) is 24.8. The number of hydrogen-bond donors (Lipinski definition) is 2. The van der Waals surface area contributed by atoms with Crippen molar-refractivity contribution in [1.29, 1.82) is 0 Å². The highest BCUT2D eigenvalue weighted by molar-refractivity contribution is 5.82. The molecule has 0 aromatic heterocycles. The Morgan fingerprint density at radius 3 is 2.24 bits per heavy atom. The fourth-order valence-electron chi connectivity index (χ4n) is 6.51. The van der Waals surface area contributed by atoms with Gasteiger partial charge in [0.2, 0.25) is 5.91 Å². The van der Waals surface area contributed by atoms with Gasteiger partial charge in [0.05, 0.1) is 11.5 Å². The van der Waals surface area contributed by atoms with E-state index in [0.717, 1.165) is 11.6 Å². The molecule has 1 unspecified atom stereocenters. The summed E-state index contributed by atoms with van der Waals surface area (Å²) < 4.78 is 28.9. The Morgan fingerprint density at radius 1 is 1.06 bits per heavy atom. The standard InChI is InChI=1S/C28H36F2N2O2/c1-18-15-32(16-19(2)28(18,34)20-9-7-6-8-10-20)25(33)23-14-31-17-27(23,26(3,4)5)22-12-11-21(29)13-24(22)30/h6-13,18-19,23,31,34H,14-17H2,1-5H3/t18-,19+,23-,27-,28?/m0/s1. The largest absolute Gasteiger partial charge is 0.384 e. The lowest BCUT2D eigenvalue weighted by Gasteiger charge is -2.51. The number of piperidine rings is 1. The van der Waals surface area contributed by atoms with Crippen LogP contribution >= 0.6 is 0 Å². The van der Waals surface area contributed by atoms with Crippen molar-refractivity contribution in [2.24, 2.45) is 23.2 Å². The minimum Gasteiger partial charge on any atom is -0.384 e. The monoisotopic (exact) mass is 470 g/mol. The summed E-state index contributed by atoms with van der Waals surface area (Å²) >= 11 is 0. The van der Waals surface area contributed by atoms with Crippen LogP contribution in [-0.2, 0) is 15.8 Å². The highest BCUT2D eigenvalue weighted by Crippen LogP contribution is 2.51. The molecule has 4 nitrogen and oxygen atoms in total. The Bertz CT molecular complexity index is 1040. The van der Waals surface area contributed by atoms with Crippen molar-refractivity contribution in [2.45, 2.75) is 45.6 Å². The molecule has 0 bridgehead atoms. The first-order valence-electron chi connectivity index (χ1n) is 12.2. The summed E-state index contributed by atoms with van der Waals surface area (Å²) in [6.45, 7) is 11.7. The molecule has 2 aliphatic heterocycles. The summed E-state index contributed by atoms with van der Waals surface area (Å²) in [4.78, 5) is 15.9. The molecule has 0 saturated carbocycles. The van der Waals surface area contributed by atoms with E-state index in [9.17, 15) is 14.3 Å². The van der Waals surface area contributed by atoms with E-state index in [1.54, 1.807) is 0 Å². The number of nitrogens with zero attached hydrogens (tertiary/aromatic N) is 1. The van der Waals surface area contributed by atoms with Crippen LogP contribution in [0.25, 0.3) is 0 Å². The molecule has 2 N–H and O–H groups in total. The maximum atomic E-state index is 15.1. The molecule has 6 heteroatoms. The van der Waals surface area contributed by atoms with Crippen molar-refractivity contribution in [3.63, 3.8) is 0 Å². The molecule has 0 aliphatic carbocycles. The Balaban J connectivity index is 1.68. The van der Waals surface area contributed by atoms with Crippen molar-refractivity contribution in [3.05, 3.63) is 71.3 Å². The number of amides is 1. The van der Waals surface area contributed by atoms with E-state index in [0.29, 0.717) is 31.7 Å². The SMILES string of the molecule is C[C@@H]1CN(C(=O)[C@@H]2CNC[C@@]2(c2ccc(F)cc2F)C(C)(C)C)C[C@H](C)C1(O)c1ccccc1. The molecule has 5 atom stereocenters. The van der Waals surface area contributed by atoms with E-state index in [-0.39, 0.29) is 17.7 Å². The molecule has 2 aromatic rings. The zero-order valence-corrected chi connectivity index (χ0v) is 20.7. The maximum absolute atomic E-state index is 15.1. The summed E-state index contributed by atoms with van der Waals surface area (Å²) in [5.74, 6) is -2.15. The molecule has 0 spiro atoms. The summed E-state index contributed by atoms with van der Waals surface area (Å²) in [5.41, 5.74) is -1.09. The number of carbonyl (C=O) groups excluding carboxylic acids is 1. The molecule has 2 heterocycles. The highest BCUT2D eigenvalue weighted by atomic mass is 19.1. The number of hydrogen-bond acceptors (Lipinski definition) is 3. The fourth-order valence-corrected chi connectivity index (χ4v) is 6.51. The Hall–Kier alpha value is -2.31. The lowest BCUT2D eigenvalue weighted by molar-refractivity contribution is -0.155. The van der Waals surface area contributed by atoms with Gasteiger partial charge in [-0.05, 0) is 22.6 Å². The molecule has 2 fully saturated rings. The number of nitrogens with one attached hydrogen (secondary N) is 1. The number of aliphatic hydroxyl groups is 1. The third-order valence-corrected chi connectivity index (χ3v) is 8.43. The number of likely N-dealkylation sites (tertiary alicyclic amines) is 1. The summed E-state index contributed by atoms with van der Waals surface area (Å²) in [7, 11) is 0. The Morgan fingerprint density at radius 2 is 1.68 bits per heavy atom. The number of carbonyl (C=O) groups is 1. The third-order valence-electron chi connectivity index (χ3n) is 8.43. The molecule has 0 radical (unpaired) electrons. The average Bonchev–Trinajstić information content (AvgIpc) is 3.23. The Kier molecular flexibility index (Phi) is 6.36. The van der Waals surface area contributed by atoms with Gasteiger partial charge in [0.1, 0.15) is 11.6 Å². The van der Waals surface area contributed by atoms with Gasteiger partial charge in [-0.3, -0.25) is 4.79 Å². The van der Waals surface area contributed by atoms with Gasteiger partial charge >= 0.3 is 0 Å². The van der Waals surface area contributed by atoms with E-state index >= 15 is 4.39 Å². The van der Waals surface area contributed by atoms with Gasteiger partial charge in [-0.15, -0.1) is 0 Å². The maximum Gasteiger partial charge on any atom is 0.227 e. The minimum atomic E-state index is -1.03. The molecule has 184 valence electrons. The van der Waals surface area contributed by atoms with Gasteiger partial charge in [-0.2, -0.15) is 0 Å². The highest BCUT2D eigenvalue weighted by Gasteiger charge is 2.58. The normalized spacial score (nSPS) is 32.1. The number of halogens is 2. The van der Waals surface area contributed by atoms with Crippen molar-refractivity contribution in [2.75, 3.05) is 26.2 Å². The zero-order chi connectivity index (χ0) is 24.9. The smallest absolute Gasteiger partial charge is 0.227 e. The van der Waals surface area contributed by atoms with Crippen LogP contribution in [-0.4, -0.2) is 42.1 Å². The quantitative estimate of drug-likeness (QED) is 0.696. The molecular weight excluding hydrogens is 434 g/mol.